The zero-order chi connectivity index (χ0) is 30.8. The van der Waals surface area contributed by atoms with Gasteiger partial charge in [0.15, 0.2) is 0 Å². The molecule has 0 bridgehead atoms. The molecule has 12 heterocycles. The molecule has 10 fully saturated rings. The first-order valence-electron chi connectivity index (χ1n) is 16.8. The Bertz CT molecular complexity index is 2070. The van der Waals surface area contributed by atoms with Gasteiger partial charge in [-0.05, 0) is 0 Å². The van der Waals surface area contributed by atoms with Crippen LogP contribution in [0, 0.1) is 10.8 Å². The van der Waals surface area contributed by atoms with E-state index in [1.54, 1.807) is 0 Å². The molecule has 43 heavy (non-hydrogen) atoms. The first kappa shape index (κ1) is 25.6. The summed E-state index contributed by atoms with van der Waals surface area (Å²) in [6.45, 7) is 27.2. The molecule has 2 aromatic rings. The van der Waals surface area contributed by atoms with Crippen molar-refractivity contribution in [1.29, 1.82) is 0 Å². The fourth-order valence-electron chi connectivity index (χ4n) is 27.1. The molecule has 0 N–H and O–H groups in total. The SMILES string of the molecule is CC(C)(C)P(C[C]12[C]3(C(P)(c4cnccn4)c4cnccn4)[CH]4[C]5(C(C)(C)C)[C]1(C(C)(C)C)[Fe]42351678[CH]2[CH]1[CH]6[CH]7[CH]28)C(C)(C)C. The molecule has 0 radical (unpaired) electrons. The average molecular weight is 659 g/mol. The van der Waals surface area contributed by atoms with Crippen LogP contribution in [0.3, 0.4) is 0 Å². The summed E-state index contributed by atoms with van der Waals surface area (Å²) in [6, 6.07) is 0. The summed E-state index contributed by atoms with van der Waals surface area (Å²) < 4.78 is 1.97. The maximum absolute atomic E-state index is 5.27. The summed E-state index contributed by atoms with van der Waals surface area (Å²) >= 11 is 0. The molecule has 6 atom stereocenters. The van der Waals surface area contributed by atoms with Gasteiger partial charge in [-0.25, -0.2) is 0 Å². The van der Waals surface area contributed by atoms with Crippen LogP contribution in [0.2, 0.25) is 46.2 Å². The molecule has 12 rings (SSSR count). The van der Waals surface area contributed by atoms with Crippen LogP contribution in [0.15, 0.2) is 37.2 Å². The summed E-state index contributed by atoms with van der Waals surface area (Å²) in [5.74, 6) is 0. The molecule has 234 valence electrons. The van der Waals surface area contributed by atoms with Crippen molar-refractivity contribution >= 4 is 17.2 Å². The predicted molar refractivity (Wildman–Crippen MR) is 178 cm³/mol. The van der Waals surface area contributed by atoms with Crippen molar-refractivity contribution in [3.8, 4) is 0 Å². The molecule has 10 aliphatic heterocycles. The standard InChI is InChI=1S/C31H47N4P2.C5H5.Fe/c1-27(2,3)23-17-22(31(36,24-18-32-13-15-34-24)25-19-33-14-16-35-25)21(26(23)28(4,5)6)20-37(29(7,8)9)30(10,11)12;1-2-4-5-3-1;/h13-19H,20,36H2,1-12H3;1-5H;. The van der Waals surface area contributed by atoms with E-state index in [-0.39, 0.29) is 13.1 Å². The fourth-order valence-corrected chi connectivity index (χ4v) is 124. The Balaban J connectivity index is 1.29. The van der Waals surface area contributed by atoms with Crippen LogP contribution in [0.4, 0.5) is 0 Å². The van der Waals surface area contributed by atoms with Crippen molar-refractivity contribution in [1.82, 2.24) is 19.9 Å². The number of hydrogen-bond acceptors (Lipinski definition) is 4. The molecule has 0 aliphatic carbocycles. The van der Waals surface area contributed by atoms with E-state index in [0.29, 0.717) is 38.4 Å². The average Bonchev–Trinajstić information content (AvgIpc) is 3.84. The summed E-state index contributed by atoms with van der Waals surface area (Å²) in [7, 11) is 3.36. The Kier molecular flexibility index (Phi) is 2.18. The van der Waals surface area contributed by atoms with Crippen LogP contribution in [0.25, 0.3) is 0 Å². The van der Waals surface area contributed by atoms with E-state index in [9.17, 15) is 0 Å². The third kappa shape index (κ3) is 0.609. The molecule has 1 spiro atoms. The number of nitrogens with zero attached hydrogens (tertiary/aromatic N) is 4. The Labute approximate surface area is 252 Å². The van der Waals surface area contributed by atoms with Gasteiger partial charge >= 0.3 is 254 Å². The molecule has 0 saturated carbocycles. The van der Waals surface area contributed by atoms with Crippen LogP contribution in [0.1, 0.15) is 94.5 Å². The van der Waals surface area contributed by atoms with Crippen molar-refractivity contribution in [3.05, 3.63) is 48.6 Å². The third-order valence-corrected chi connectivity index (χ3v) is 73.1. The molecule has 6 unspecified atom stereocenters. The van der Waals surface area contributed by atoms with Gasteiger partial charge in [0.1, 0.15) is 0 Å². The number of aromatic nitrogens is 4. The van der Waals surface area contributed by atoms with Gasteiger partial charge in [-0.1, -0.05) is 0 Å². The quantitative estimate of drug-likeness (QED) is 0.237. The molecule has 2 aromatic heterocycles. The zero-order valence-electron chi connectivity index (χ0n) is 28.3. The van der Waals surface area contributed by atoms with Crippen LogP contribution >= 0.6 is 17.2 Å². The first-order valence-corrected chi connectivity index (χ1v) is 25.0. The van der Waals surface area contributed by atoms with Crippen molar-refractivity contribution in [2.75, 3.05) is 6.16 Å². The van der Waals surface area contributed by atoms with Crippen LogP contribution in [-0.4, -0.2) is 36.4 Å². The molecule has 4 nitrogen and oxygen atoms in total. The summed E-state index contributed by atoms with van der Waals surface area (Å²) in [6.07, 6.45) is 13.4. The van der Waals surface area contributed by atoms with E-state index >= 15 is 0 Å². The van der Waals surface area contributed by atoms with Gasteiger partial charge in [0.05, 0.1) is 0 Å². The van der Waals surface area contributed by atoms with Crippen LogP contribution < -0.4 is 0 Å². The number of hydrogen-bond donors (Lipinski definition) is 0. The molecule has 10 saturated heterocycles. The van der Waals surface area contributed by atoms with E-state index < -0.39 is 6.51 Å². The summed E-state index contributed by atoms with van der Waals surface area (Å²) in [5.41, 5.74) is 2.99. The molecule has 0 aromatic carbocycles. The second-order valence-corrected chi connectivity index (χ2v) is 49.8. The van der Waals surface area contributed by atoms with E-state index in [4.69, 9.17) is 19.9 Å². The van der Waals surface area contributed by atoms with Gasteiger partial charge in [-0.3, -0.25) is 0 Å². The van der Waals surface area contributed by atoms with Crippen molar-refractivity contribution in [2.24, 2.45) is 10.8 Å². The van der Waals surface area contributed by atoms with Gasteiger partial charge in [0, 0.05) is 0 Å². The van der Waals surface area contributed by atoms with E-state index in [1.807, 2.05) is 24.8 Å². The maximum atomic E-state index is 5.27. The van der Waals surface area contributed by atoms with Gasteiger partial charge in [-0.2, -0.15) is 0 Å². The molecular weight excluding hydrogens is 606 g/mol. The Hall–Kier alpha value is -0.461. The number of rotatable bonds is 5. The molecule has 10 aliphatic rings. The van der Waals surface area contributed by atoms with Gasteiger partial charge in [0.25, 0.3) is 0 Å². The minimum atomic E-state index is -4.66. The zero-order valence-corrected chi connectivity index (χ0v) is 31.5. The molecular formula is C36H52FeN4P2. The van der Waals surface area contributed by atoms with Crippen LogP contribution in [-0.2, 0) is 11.7 Å². The van der Waals surface area contributed by atoms with E-state index in [1.165, 1.54) is 6.16 Å². The van der Waals surface area contributed by atoms with Crippen molar-refractivity contribution in [3.63, 3.8) is 0 Å². The Morgan fingerprint density at radius 1 is 0.674 bits per heavy atom. The van der Waals surface area contributed by atoms with Gasteiger partial charge in [0.2, 0.25) is 0 Å². The molecule has 7 heteroatoms. The Morgan fingerprint density at radius 3 is 1.42 bits per heavy atom. The normalized spacial score (nSPS) is 61.6. The second-order valence-electron chi connectivity index (χ2n) is 22.5. The fraction of sp³-hybridized carbons (Fsp3) is 0.778. The van der Waals surface area contributed by atoms with Gasteiger partial charge < -0.3 is 0 Å². The minimum absolute atomic E-state index is 0.249. The second kappa shape index (κ2) is 3.66. The summed E-state index contributed by atoms with van der Waals surface area (Å²) in [4.78, 5) is 26.5. The molecule has 0 amide bonds. The predicted octanol–water partition coefficient (Wildman–Crippen LogP) is 10.4. The van der Waals surface area contributed by atoms with E-state index in [2.05, 4.69) is 105 Å². The number of fused-ring (bicyclic) bond motifs is 10. The van der Waals surface area contributed by atoms with Crippen LogP contribution in [0.5, 0.6) is 0 Å². The van der Waals surface area contributed by atoms with E-state index in [0.717, 1.165) is 40.3 Å². The summed E-state index contributed by atoms with van der Waals surface area (Å²) in [5, 5.41) is 0.312. The van der Waals surface area contributed by atoms with Crippen molar-refractivity contribution in [2.45, 2.75) is 145 Å². The van der Waals surface area contributed by atoms with Crippen molar-refractivity contribution < 1.29 is 6.51 Å². The van der Waals surface area contributed by atoms with Gasteiger partial charge in [-0.15, -0.1) is 0 Å². The monoisotopic (exact) mass is 658 g/mol. The first-order chi connectivity index (χ1) is 19.5. The third-order valence-electron chi connectivity index (χ3n) is 22.1. The Morgan fingerprint density at radius 2 is 1.12 bits per heavy atom. The topological polar surface area (TPSA) is 51.6 Å².